The predicted octanol–water partition coefficient (Wildman–Crippen LogP) is 5.06. The van der Waals surface area contributed by atoms with Crippen LogP contribution in [-0.2, 0) is 23.9 Å². The van der Waals surface area contributed by atoms with E-state index >= 15 is 0 Å². The molecule has 4 atom stereocenters. The van der Waals surface area contributed by atoms with Crippen molar-refractivity contribution in [2.75, 3.05) is 13.2 Å². The van der Waals surface area contributed by atoms with Crippen molar-refractivity contribution in [3.05, 3.63) is 12.2 Å². The lowest BCUT2D eigenvalue weighted by Gasteiger charge is -2.18. The van der Waals surface area contributed by atoms with E-state index in [0.29, 0.717) is 32.1 Å². The molecule has 0 unspecified atom stereocenters. The van der Waals surface area contributed by atoms with Crippen LogP contribution >= 0.6 is 0 Å². The van der Waals surface area contributed by atoms with Crippen molar-refractivity contribution < 1.29 is 34.1 Å². The number of carbonyl (C=O) groups excluding carboxylic acids is 3. The molecule has 1 saturated carbocycles. The van der Waals surface area contributed by atoms with E-state index in [1.807, 2.05) is 6.08 Å². The second-order valence-electron chi connectivity index (χ2n) is 9.72. The van der Waals surface area contributed by atoms with Crippen LogP contribution in [0, 0.1) is 11.8 Å². The number of hydrogen-bond acceptors (Lipinski definition) is 7. The fourth-order valence-electron chi connectivity index (χ4n) is 4.51. The standard InChI is InChI=1S/C28H48O7/c1-3-5-9-13-22(29)17-18-24-23(25(30)21-26(24)31)14-11-7-8-12-16-28(33)35-20-19-34-27(32)15-10-6-4-2/h17-18,22-24,26,29,31H,3-16,19-21H2,1-2H3/b18-17+/t22-,23+,24+,26+/m0/s1. The zero-order chi connectivity index (χ0) is 25.9. The van der Waals surface area contributed by atoms with Crippen molar-refractivity contribution in [1.82, 2.24) is 0 Å². The lowest BCUT2D eigenvalue weighted by molar-refractivity contribution is -0.152. The van der Waals surface area contributed by atoms with E-state index in [9.17, 15) is 24.6 Å². The zero-order valence-corrected chi connectivity index (χ0v) is 21.9. The van der Waals surface area contributed by atoms with Gasteiger partial charge in [-0.15, -0.1) is 0 Å². The molecule has 0 saturated heterocycles. The average Bonchev–Trinajstić information content (AvgIpc) is 3.09. The molecule has 0 amide bonds. The van der Waals surface area contributed by atoms with Crippen LogP contribution in [0.15, 0.2) is 12.2 Å². The van der Waals surface area contributed by atoms with E-state index in [0.717, 1.165) is 57.8 Å². The maximum absolute atomic E-state index is 12.3. The quantitative estimate of drug-likeness (QED) is 0.138. The number of carbonyl (C=O) groups is 3. The molecule has 0 spiro atoms. The highest BCUT2D eigenvalue weighted by molar-refractivity contribution is 5.84. The first kappa shape index (κ1) is 31.3. The van der Waals surface area contributed by atoms with Crippen molar-refractivity contribution >= 4 is 17.7 Å². The molecule has 2 N–H and O–H groups in total. The third-order valence-corrected chi connectivity index (χ3v) is 6.63. The summed E-state index contributed by atoms with van der Waals surface area (Å²) in [4.78, 5) is 35.6. The van der Waals surface area contributed by atoms with Crippen LogP contribution in [0.1, 0.15) is 110 Å². The fourth-order valence-corrected chi connectivity index (χ4v) is 4.51. The number of hydrogen-bond donors (Lipinski definition) is 2. The lowest BCUT2D eigenvalue weighted by atomic mass is 9.88. The van der Waals surface area contributed by atoms with E-state index in [2.05, 4.69) is 13.8 Å². The SMILES string of the molecule is CCCCCC(=O)OCCOC(=O)CCCCCC[C@H]1C(=O)C[C@@H](O)[C@@H]1/C=C/[C@@H](O)CCCCC. The summed E-state index contributed by atoms with van der Waals surface area (Å²) in [5.41, 5.74) is 0. The molecule has 0 aromatic rings. The maximum Gasteiger partial charge on any atom is 0.305 e. The van der Waals surface area contributed by atoms with Gasteiger partial charge >= 0.3 is 11.9 Å². The number of ether oxygens (including phenoxy) is 2. The minimum absolute atomic E-state index is 0.0900. The number of esters is 2. The summed E-state index contributed by atoms with van der Waals surface area (Å²) >= 11 is 0. The van der Waals surface area contributed by atoms with E-state index in [1.165, 1.54) is 0 Å². The minimum Gasteiger partial charge on any atom is -0.462 e. The van der Waals surface area contributed by atoms with Crippen molar-refractivity contribution in [3.63, 3.8) is 0 Å². The normalized spacial score (nSPS) is 20.9. The van der Waals surface area contributed by atoms with Gasteiger partial charge in [0.05, 0.1) is 12.2 Å². The van der Waals surface area contributed by atoms with Gasteiger partial charge in [-0.3, -0.25) is 14.4 Å². The second-order valence-corrected chi connectivity index (χ2v) is 9.72. The smallest absolute Gasteiger partial charge is 0.305 e. The van der Waals surface area contributed by atoms with Gasteiger partial charge in [0.1, 0.15) is 19.0 Å². The molecule has 1 aliphatic carbocycles. The minimum atomic E-state index is -0.669. The monoisotopic (exact) mass is 496 g/mol. The molecule has 7 nitrogen and oxygen atoms in total. The molecule has 0 bridgehead atoms. The Balaban J connectivity index is 2.16. The highest BCUT2D eigenvalue weighted by Gasteiger charge is 2.39. The molecule has 0 aliphatic heterocycles. The summed E-state index contributed by atoms with van der Waals surface area (Å²) in [6.07, 6.45) is 14.1. The largest absolute Gasteiger partial charge is 0.462 e. The summed E-state index contributed by atoms with van der Waals surface area (Å²) in [6, 6.07) is 0. The maximum atomic E-state index is 12.3. The van der Waals surface area contributed by atoms with Gasteiger partial charge in [-0.05, 0) is 25.7 Å². The van der Waals surface area contributed by atoms with Crippen molar-refractivity contribution in [2.45, 2.75) is 122 Å². The van der Waals surface area contributed by atoms with E-state index in [1.54, 1.807) is 6.08 Å². The van der Waals surface area contributed by atoms with Gasteiger partial charge in [0.2, 0.25) is 0 Å². The number of unbranched alkanes of at least 4 members (excludes halogenated alkanes) is 7. The number of ketones is 1. The first-order chi connectivity index (χ1) is 16.9. The lowest BCUT2D eigenvalue weighted by Crippen LogP contribution is -2.19. The Labute approximate surface area is 211 Å². The Morgan fingerprint density at radius 3 is 2.11 bits per heavy atom. The third-order valence-electron chi connectivity index (χ3n) is 6.63. The van der Waals surface area contributed by atoms with Gasteiger partial charge in [0.15, 0.2) is 0 Å². The summed E-state index contributed by atoms with van der Waals surface area (Å²) in [6.45, 7) is 4.39. The van der Waals surface area contributed by atoms with Crippen molar-refractivity contribution in [1.29, 1.82) is 0 Å². The molecule has 1 rings (SSSR count). The van der Waals surface area contributed by atoms with Crippen LogP contribution in [0.25, 0.3) is 0 Å². The van der Waals surface area contributed by atoms with Crippen molar-refractivity contribution in [3.8, 4) is 0 Å². The zero-order valence-electron chi connectivity index (χ0n) is 21.9. The molecule has 0 aromatic heterocycles. The molecule has 35 heavy (non-hydrogen) atoms. The Kier molecular flexibility index (Phi) is 17.4. The molecule has 1 fully saturated rings. The molecule has 0 heterocycles. The van der Waals surface area contributed by atoms with Gasteiger partial charge in [-0.2, -0.15) is 0 Å². The predicted molar refractivity (Wildman–Crippen MR) is 136 cm³/mol. The van der Waals surface area contributed by atoms with Gasteiger partial charge in [-0.25, -0.2) is 0 Å². The summed E-state index contributed by atoms with van der Waals surface area (Å²) in [5, 5.41) is 20.4. The number of Topliss-reactive ketones (excluding diaryl/α,β-unsaturated/α-hetero) is 1. The summed E-state index contributed by atoms with van der Waals surface area (Å²) in [5.74, 6) is -0.854. The van der Waals surface area contributed by atoms with E-state index in [4.69, 9.17) is 9.47 Å². The highest BCUT2D eigenvalue weighted by Crippen LogP contribution is 2.34. The topological polar surface area (TPSA) is 110 Å². The Bertz CT molecular complexity index is 631. The Hall–Kier alpha value is -1.73. The third kappa shape index (κ3) is 14.4. The van der Waals surface area contributed by atoms with E-state index in [-0.39, 0.29) is 49.2 Å². The van der Waals surface area contributed by atoms with Gasteiger partial charge in [0.25, 0.3) is 0 Å². The second kappa shape index (κ2) is 19.5. The van der Waals surface area contributed by atoms with Gasteiger partial charge in [-0.1, -0.05) is 77.4 Å². The van der Waals surface area contributed by atoms with Gasteiger partial charge < -0.3 is 19.7 Å². The van der Waals surface area contributed by atoms with Crippen LogP contribution < -0.4 is 0 Å². The van der Waals surface area contributed by atoms with Crippen LogP contribution in [0.2, 0.25) is 0 Å². The molecular formula is C28H48O7. The van der Waals surface area contributed by atoms with Gasteiger partial charge in [0, 0.05) is 31.1 Å². The average molecular weight is 497 g/mol. The summed E-state index contributed by atoms with van der Waals surface area (Å²) in [7, 11) is 0. The molecule has 7 heteroatoms. The fraction of sp³-hybridized carbons (Fsp3) is 0.821. The number of aliphatic hydroxyl groups excluding tert-OH is 2. The summed E-state index contributed by atoms with van der Waals surface area (Å²) < 4.78 is 10.1. The van der Waals surface area contributed by atoms with Crippen LogP contribution in [0.4, 0.5) is 0 Å². The Morgan fingerprint density at radius 1 is 0.914 bits per heavy atom. The van der Waals surface area contributed by atoms with Crippen LogP contribution in [0.3, 0.4) is 0 Å². The van der Waals surface area contributed by atoms with Crippen LogP contribution in [0.5, 0.6) is 0 Å². The highest BCUT2D eigenvalue weighted by atomic mass is 16.6. The van der Waals surface area contributed by atoms with E-state index < -0.39 is 12.2 Å². The molecule has 202 valence electrons. The molecule has 0 aromatic carbocycles. The van der Waals surface area contributed by atoms with Crippen LogP contribution in [-0.4, -0.2) is 53.4 Å². The Morgan fingerprint density at radius 2 is 1.49 bits per heavy atom. The molecular weight excluding hydrogens is 448 g/mol. The van der Waals surface area contributed by atoms with Crippen molar-refractivity contribution in [2.24, 2.45) is 11.8 Å². The first-order valence-corrected chi connectivity index (χ1v) is 13.8. The number of rotatable bonds is 20. The first-order valence-electron chi connectivity index (χ1n) is 13.8. The molecule has 0 radical (unpaired) electrons. The number of aliphatic hydroxyl groups is 2. The molecule has 1 aliphatic rings.